The SMILES string of the molecule is O=C(Nc1ncc(Cc2cccc(C(F)(F)F)c2)s1)c1ncc(Cl)c(Cl)c1Cl. The molecule has 0 bridgehead atoms. The normalized spacial score (nSPS) is 11.5. The summed E-state index contributed by atoms with van der Waals surface area (Å²) in [7, 11) is 0. The standard InChI is InChI=1S/C17H9Cl3F3N3OS/c18-11-7-24-14(13(20)12(11)19)15(27)26-16-25-6-10(28-16)5-8-2-1-3-9(4-8)17(21,22)23/h1-4,6-7H,5H2,(H,25,26,27). The van der Waals surface area contributed by atoms with Gasteiger partial charge in [0.2, 0.25) is 0 Å². The molecule has 1 amide bonds. The van der Waals surface area contributed by atoms with Crippen LogP contribution in [0.1, 0.15) is 26.5 Å². The molecule has 3 rings (SSSR count). The van der Waals surface area contributed by atoms with Gasteiger partial charge >= 0.3 is 6.18 Å². The molecule has 11 heteroatoms. The second-order valence-electron chi connectivity index (χ2n) is 5.54. The van der Waals surface area contributed by atoms with Gasteiger partial charge in [-0.2, -0.15) is 13.2 Å². The number of rotatable bonds is 4. The molecule has 3 aromatic rings. The molecular formula is C17H9Cl3F3N3OS. The van der Waals surface area contributed by atoms with Crippen LogP contribution in [0.15, 0.2) is 36.7 Å². The number of anilines is 1. The maximum Gasteiger partial charge on any atom is 0.416 e. The van der Waals surface area contributed by atoms with Crippen LogP contribution in [0.25, 0.3) is 0 Å². The summed E-state index contributed by atoms with van der Waals surface area (Å²) in [6.07, 6.45) is -1.49. The zero-order valence-electron chi connectivity index (χ0n) is 13.6. The average molecular weight is 467 g/mol. The molecule has 0 aliphatic heterocycles. The molecule has 1 aromatic carbocycles. The van der Waals surface area contributed by atoms with Crippen LogP contribution in [0, 0.1) is 0 Å². The van der Waals surface area contributed by atoms with E-state index in [4.69, 9.17) is 34.8 Å². The molecular weight excluding hydrogens is 458 g/mol. The molecule has 0 fully saturated rings. The Bertz CT molecular complexity index is 1040. The monoisotopic (exact) mass is 465 g/mol. The second-order valence-corrected chi connectivity index (χ2v) is 7.82. The Balaban J connectivity index is 1.73. The van der Waals surface area contributed by atoms with Crippen LogP contribution in [0.2, 0.25) is 15.1 Å². The number of benzene rings is 1. The van der Waals surface area contributed by atoms with Gasteiger partial charge in [0, 0.05) is 23.7 Å². The Labute approximate surface area is 176 Å². The smallest absolute Gasteiger partial charge is 0.296 e. The first-order chi connectivity index (χ1) is 13.1. The first kappa shape index (κ1) is 20.9. The van der Waals surface area contributed by atoms with Crippen molar-refractivity contribution in [3.8, 4) is 0 Å². The maximum absolute atomic E-state index is 12.8. The number of nitrogens with one attached hydrogen (secondary N) is 1. The van der Waals surface area contributed by atoms with Gasteiger partial charge in [-0.15, -0.1) is 11.3 Å². The third-order valence-electron chi connectivity index (χ3n) is 3.54. The van der Waals surface area contributed by atoms with Crippen LogP contribution in [0.3, 0.4) is 0 Å². The van der Waals surface area contributed by atoms with Gasteiger partial charge in [-0.25, -0.2) is 9.97 Å². The molecule has 0 atom stereocenters. The van der Waals surface area contributed by atoms with Crippen molar-refractivity contribution >= 4 is 57.2 Å². The van der Waals surface area contributed by atoms with E-state index >= 15 is 0 Å². The largest absolute Gasteiger partial charge is 0.416 e. The van der Waals surface area contributed by atoms with E-state index in [1.54, 1.807) is 6.07 Å². The van der Waals surface area contributed by atoms with Gasteiger partial charge in [-0.05, 0) is 11.6 Å². The molecule has 4 nitrogen and oxygen atoms in total. The minimum atomic E-state index is -4.41. The number of amides is 1. The Kier molecular flexibility index (Phi) is 6.14. The van der Waals surface area contributed by atoms with Gasteiger partial charge in [0.1, 0.15) is 5.69 Å². The highest BCUT2D eigenvalue weighted by Crippen LogP contribution is 2.32. The molecule has 146 valence electrons. The summed E-state index contributed by atoms with van der Waals surface area (Å²) in [6, 6.07) is 5.03. The minimum absolute atomic E-state index is 0.00728. The highest BCUT2D eigenvalue weighted by atomic mass is 35.5. The lowest BCUT2D eigenvalue weighted by atomic mass is 10.1. The van der Waals surface area contributed by atoms with Gasteiger partial charge < -0.3 is 0 Å². The molecule has 2 heterocycles. The second kappa shape index (κ2) is 8.24. The fourth-order valence-corrected chi connectivity index (χ4v) is 3.67. The lowest BCUT2D eigenvalue weighted by Gasteiger charge is -2.08. The molecule has 0 radical (unpaired) electrons. The number of alkyl halides is 3. The summed E-state index contributed by atoms with van der Waals surface area (Å²) >= 11 is 18.8. The number of carbonyl (C=O) groups excluding carboxylic acids is 1. The van der Waals surface area contributed by atoms with E-state index in [0.29, 0.717) is 10.4 Å². The van der Waals surface area contributed by atoms with E-state index in [-0.39, 0.29) is 32.3 Å². The Morgan fingerprint density at radius 3 is 2.57 bits per heavy atom. The van der Waals surface area contributed by atoms with Crippen molar-refractivity contribution in [3.63, 3.8) is 0 Å². The number of carbonyl (C=O) groups is 1. The van der Waals surface area contributed by atoms with E-state index in [2.05, 4.69) is 15.3 Å². The van der Waals surface area contributed by atoms with E-state index in [0.717, 1.165) is 23.5 Å². The van der Waals surface area contributed by atoms with Crippen LogP contribution >= 0.6 is 46.1 Å². The summed E-state index contributed by atoms with van der Waals surface area (Å²) in [6.45, 7) is 0. The molecule has 0 saturated carbocycles. The number of aromatic nitrogens is 2. The van der Waals surface area contributed by atoms with Crippen LogP contribution in [0.5, 0.6) is 0 Å². The van der Waals surface area contributed by atoms with Crippen molar-refractivity contribution < 1.29 is 18.0 Å². The van der Waals surface area contributed by atoms with Crippen molar-refractivity contribution in [1.82, 2.24) is 9.97 Å². The van der Waals surface area contributed by atoms with Crippen molar-refractivity contribution in [2.75, 3.05) is 5.32 Å². The lowest BCUT2D eigenvalue weighted by Crippen LogP contribution is -2.14. The third kappa shape index (κ3) is 4.75. The predicted molar refractivity (Wildman–Crippen MR) is 104 cm³/mol. The fraction of sp³-hybridized carbons (Fsp3) is 0.118. The summed E-state index contributed by atoms with van der Waals surface area (Å²) < 4.78 is 38.4. The van der Waals surface area contributed by atoms with Gasteiger partial charge in [-0.3, -0.25) is 10.1 Å². The molecule has 0 unspecified atom stereocenters. The van der Waals surface area contributed by atoms with E-state index in [9.17, 15) is 18.0 Å². The topological polar surface area (TPSA) is 54.9 Å². The number of halogens is 6. The zero-order valence-corrected chi connectivity index (χ0v) is 16.7. The lowest BCUT2D eigenvalue weighted by molar-refractivity contribution is -0.137. The molecule has 0 spiro atoms. The number of pyridine rings is 1. The van der Waals surface area contributed by atoms with Crippen molar-refractivity contribution in [2.24, 2.45) is 0 Å². The molecule has 0 aliphatic rings. The Morgan fingerprint density at radius 1 is 1.11 bits per heavy atom. The van der Waals surface area contributed by atoms with Crippen molar-refractivity contribution in [2.45, 2.75) is 12.6 Å². The zero-order chi connectivity index (χ0) is 20.5. The van der Waals surface area contributed by atoms with E-state index in [1.807, 2.05) is 0 Å². The Morgan fingerprint density at radius 2 is 1.86 bits per heavy atom. The average Bonchev–Trinajstić information content (AvgIpc) is 3.06. The van der Waals surface area contributed by atoms with Gasteiger partial charge in [0.05, 0.1) is 20.6 Å². The molecule has 0 saturated heterocycles. The van der Waals surface area contributed by atoms with Crippen molar-refractivity contribution in [1.29, 1.82) is 0 Å². The van der Waals surface area contributed by atoms with E-state index < -0.39 is 17.6 Å². The molecule has 1 N–H and O–H groups in total. The number of hydrogen-bond donors (Lipinski definition) is 1. The third-order valence-corrected chi connectivity index (χ3v) is 5.69. The molecule has 2 aromatic heterocycles. The molecule has 0 aliphatic carbocycles. The summed E-state index contributed by atoms with van der Waals surface area (Å²) in [5, 5.41) is 2.80. The van der Waals surface area contributed by atoms with Crippen molar-refractivity contribution in [3.05, 3.63) is 73.4 Å². The number of thiazole rings is 1. The maximum atomic E-state index is 12.8. The van der Waals surface area contributed by atoms with Crippen LogP contribution in [-0.4, -0.2) is 15.9 Å². The fourth-order valence-electron chi connectivity index (χ4n) is 2.26. The highest BCUT2D eigenvalue weighted by Gasteiger charge is 2.30. The van der Waals surface area contributed by atoms with Gasteiger partial charge in [0.15, 0.2) is 5.13 Å². The molecule has 28 heavy (non-hydrogen) atoms. The highest BCUT2D eigenvalue weighted by molar-refractivity contribution is 7.15. The van der Waals surface area contributed by atoms with Crippen LogP contribution < -0.4 is 5.32 Å². The summed E-state index contributed by atoms with van der Waals surface area (Å²) in [4.78, 5) is 20.9. The summed E-state index contributed by atoms with van der Waals surface area (Å²) in [5.74, 6) is -0.636. The quantitative estimate of drug-likeness (QED) is 0.487. The van der Waals surface area contributed by atoms with E-state index in [1.165, 1.54) is 18.5 Å². The van der Waals surface area contributed by atoms with Gasteiger partial charge in [0.25, 0.3) is 5.91 Å². The minimum Gasteiger partial charge on any atom is -0.296 e. The van der Waals surface area contributed by atoms with Gasteiger partial charge in [-0.1, -0.05) is 53.0 Å². The first-order valence-corrected chi connectivity index (χ1v) is 9.52. The predicted octanol–water partition coefficient (Wildman–Crippen LogP) is 6.36. The van der Waals surface area contributed by atoms with Crippen LogP contribution in [0.4, 0.5) is 18.3 Å². The summed E-state index contributed by atoms with van der Waals surface area (Å²) in [5.41, 5.74) is -0.361. The number of hydrogen-bond acceptors (Lipinski definition) is 4. The van der Waals surface area contributed by atoms with Crippen LogP contribution in [-0.2, 0) is 12.6 Å². The number of nitrogens with zero attached hydrogens (tertiary/aromatic N) is 2. The first-order valence-electron chi connectivity index (χ1n) is 7.57. The Hall–Kier alpha value is -1.87.